The molecule has 0 bridgehead atoms. The Kier molecular flexibility index (Phi) is 3.55. The molecule has 0 N–H and O–H groups in total. The van der Waals surface area contributed by atoms with E-state index in [0.717, 1.165) is 5.56 Å². The van der Waals surface area contributed by atoms with Crippen molar-refractivity contribution < 1.29 is 8.42 Å². The molecule has 0 amide bonds. The minimum atomic E-state index is -3.16. The maximum absolute atomic E-state index is 12.1. The molecule has 0 aliphatic carbocycles. The van der Waals surface area contributed by atoms with Crippen molar-refractivity contribution in [3.05, 3.63) is 29.8 Å². The summed E-state index contributed by atoms with van der Waals surface area (Å²) in [5, 5.41) is -0.333. The van der Waals surface area contributed by atoms with E-state index in [1.54, 1.807) is 19.1 Å². The van der Waals surface area contributed by atoms with Gasteiger partial charge in [-0.2, -0.15) is 0 Å². The van der Waals surface area contributed by atoms with E-state index in [4.69, 9.17) is 0 Å². The lowest BCUT2D eigenvalue weighted by Gasteiger charge is -2.16. The molecule has 2 nitrogen and oxygen atoms in total. The first kappa shape index (κ1) is 12.2. The second kappa shape index (κ2) is 4.35. The average Bonchev–Trinajstić information content (AvgIpc) is 2.17. The van der Waals surface area contributed by atoms with Crippen LogP contribution in [0.1, 0.15) is 26.3 Å². The summed E-state index contributed by atoms with van der Waals surface area (Å²) in [4.78, 5) is 0.425. The zero-order valence-corrected chi connectivity index (χ0v) is 10.5. The van der Waals surface area contributed by atoms with Crippen LogP contribution in [0.4, 0.5) is 0 Å². The van der Waals surface area contributed by atoms with E-state index in [9.17, 15) is 8.42 Å². The molecule has 0 spiro atoms. The fourth-order valence-electron chi connectivity index (χ4n) is 1.30. The van der Waals surface area contributed by atoms with Gasteiger partial charge >= 0.3 is 0 Å². The summed E-state index contributed by atoms with van der Waals surface area (Å²) >= 11 is 0. The molecule has 0 aliphatic heterocycles. The normalized spacial score (nSPS) is 14.2. The summed E-state index contributed by atoms with van der Waals surface area (Å²) in [5.74, 6) is 0.135. The van der Waals surface area contributed by atoms with Crippen molar-refractivity contribution in [1.29, 1.82) is 0 Å². The fraction of sp³-hybridized carbons (Fsp3) is 0.500. The molecule has 0 saturated heterocycles. The Morgan fingerprint density at radius 3 is 1.87 bits per heavy atom. The largest absolute Gasteiger partial charge is 0.223 e. The first-order valence-electron chi connectivity index (χ1n) is 5.16. The first-order valence-corrected chi connectivity index (χ1v) is 6.71. The summed E-state index contributed by atoms with van der Waals surface area (Å²) in [6.45, 7) is 7.56. The molecule has 0 aliphatic rings. The molecular weight excluding hydrogens is 208 g/mol. The molecule has 0 fully saturated rings. The molecular formula is C12H18O2S. The molecule has 3 heteroatoms. The van der Waals surface area contributed by atoms with Gasteiger partial charge in [-0.3, -0.25) is 0 Å². The zero-order chi connectivity index (χ0) is 11.6. The van der Waals surface area contributed by atoms with Crippen LogP contribution in [0, 0.1) is 12.8 Å². The monoisotopic (exact) mass is 226 g/mol. The van der Waals surface area contributed by atoms with Crippen molar-refractivity contribution >= 4 is 9.84 Å². The highest BCUT2D eigenvalue weighted by Crippen LogP contribution is 2.21. The van der Waals surface area contributed by atoms with E-state index < -0.39 is 9.84 Å². The van der Waals surface area contributed by atoms with E-state index in [-0.39, 0.29) is 11.2 Å². The summed E-state index contributed by atoms with van der Waals surface area (Å²) in [5.41, 5.74) is 1.08. The van der Waals surface area contributed by atoms with Crippen LogP contribution >= 0.6 is 0 Å². The molecule has 84 valence electrons. The second-order valence-corrected chi connectivity index (χ2v) is 6.61. The Bertz CT molecular complexity index is 415. The van der Waals surface area contributed by atoms with Gasteiger partial charge in [-0.05, 0) is 31.9 Å². The van der Waals surface area contributed by atoms with E-state index in [1.807, 2.05) is 32.9 Å². The van der Waals surface area contributed by atoms with Crippen molar-refractivity contribution in [2.75, 3.05) is 0 Å². The quantitative estimate of drug-likeness (QED) is 0.794. The van der Waals surface area contributed by atoms with Gasteiger partial charge in [0.2, 0.25) is 0 Å². The van der Waals surface area contributed by atoms with Gasteiger partial charge in [-0.15, -0.1) is 0 Å². The first-order chi connectivity index (χ1) is 6.85. The number of benzene rings is 1. The zero-order valence-electron chi connectivity index (χ0n) is 9.69. The Morgan fingerprint density at radius 1 is 1.00 bits per heavy atom. The topological polar surface area (TPSA) is 34.1 Å². The van der Waals surface area contributed by atoms with Gasteiger partial charge in [0.05, 0.1) is 10.1 Å². The molecule has 0 radical (unpaired) electrons. The number of rotatable bonds is 3. The van der Waals surface area contributed by atoms with E-state index in [0.29, 0.717) is 4.90 Å². The second-order valence-electron chi connectivity index (χ2n) is 4.31. The number of aryl methyl sites for hydroxylation is 1. The van der Waals surface area contributed by atoms with Crippen LogP contribution < -0.4 is 0 Å². The Hall–Kier alpha value is -0.830. The van der Waals surface area contributed by atoms with Gasteiger partial charge in [0.25, 0.3) is 0 Å². The SMILES string of the molecule is Cc1ccc(S(=O)(=O)[C@H](C)C(C)C)cc1. The maximum atomic E-state index is 12.1. The van der Waals surface area contributed by atoms with Crippen LogP contribution in [0.25, 0.3) is 0 Å². The molecule has 0 unspecified atom stereocenters. The molecule has 0 saturated carbocycles. The van der Waals surface area contributed by atoms with Crippen LogP contribution in [0.2, 0.25) is 0 Å². The van der Waals surface area contributed by atoms with Crippen LogP contribution in [0.3, 0.4) is 0 Å². The Balaban J connectivity index is 3.12. The van der Waals surface area contributed by atoms with Gasteiger partial charge in [-0.1, -0.05) is 31.5 Å². The van der Waals surface area contributed by atoms with Gasteiger partial charge in [-0.25, -0.2) is 8.42 Å². The summed E-state index contributed by atoms with van der Waals surface area (Å²) in [6.07, 6.45) is 0. The Labute approximate surface area is 92.2 Å². The molecule has 1 atom stereocenters. The van der Waals surface area contributed by atoms with Crippen LogP contribution in [-0.2, 0) is 9.84 Å². The maximum Gasteiger partial charge on any atom is 0.181 e. The standard InChI is InChI=1S/C12H18O2S/c1-9(2)11(4)15(13,14)12-7-5-10(3)6-8-12/h5-9,11H,1-4H3/t11-/m1/s1. The van der Waals surface area contributed by atoms with Crippen molar-refractivity contribution in [2.45, 2.75) is 37.8 Å². The predicted octanol–water partition coefficient (Wildman–Crippen LogP) is 2.81. The van der Waals surface area contributed by atoms with Crippen LogP contribution in [0.15, 0.2) is 29.2 Å². The van der Waals surface area contributed by atoms with Crippen molar-refractivity contribution in [2.24, 2.45) is 5.92 Å². The third-order valence-corrected chi connectivity index (χ3v) is 5.23. The lowest BCUT2D eigenvalue weighted by Crippen LogP contribution is -2.23. The highest BCUT2D eigenvalue weighted by molar-refractivity contribution is 7.92. The Morgan fingerprint density at radius 2 is 1.47 bits per heavy atom. The summed E-state index contributed by atoms with van der Waals surface area (Å²) < 4.78 is 24.2. The average molecular weight is 226 g/mol. The van der Waals surface area contributed by atoms with Gasteiger partial charge in [0, 0.05) is 0 Å². The van der Waals surface area contributed by atoms with E-state index >= 15 is 0 Å². The highest BCUT2D eigenvalue weighted by Gasteiger charge is 2.25. The molecule has 1 aromatic rings. The molecule has 1 aromatic carbocycles. The van der Waals surface area contributed by atoms with E-state index in [2.05, 4.69) is 0 Å². The summed E-state index contributed by atoms with van der Waals surface area (Å²) in [6, 6.07) is 7.03. The van der Waals surface area contributed by atoms with Crippen molar-refractivity contribution in [3.8, 4) is 0 Å². The molecule has 15 heavy (non-hydrogen) atoms. The molecule has 1 rings (SSSR count). The minimum absolute atomic E-state index is 0.135. The van der Waals surface area contributed by atoms with Crippen molar-refractivity contribution in [3.63, 3.8) is 0 Å². The fourth-order valence-corrected chi connectivity index (χ4v) is 2.96. The van der Waals surface area contributed by atoms with Gasteiger partial charge in [0.15, 0.2) is 9.84 Å². The van der Waals surface area contributed by atoms with Crippen LogP contribution in [0.5, 0.6) is 0 Å². The third kappa shape index (κ3) is 2.59. The van der Waals surface area contributed by atoms with Crippen LogP contribution in [-0.4, -0.2) is 13.7 Å². The smallest absolute Gasteiger partial charge is 0.181 e. The number of sulfone groups is 1. The minimum Gasteiger partial charge on any atom is -0.223 e. The molecule has 0 heterocycles. The predicted molar refractivity (Wildman–Crippen MR) is 62.7 cm³/mol. The number of hydrogen-bond donors (Lipinski definition) is 0. The third-order valence-electron chi connectivity index (χ3n) is 2.78. The lowest BCUT2D eigenvalue weighted by atomic mass is 10.2. The highest BCUT2D eigenvalue weighted by atomic mass is 32.2. The molecule has 0 aromatic heterocycles. The lowest BCUT2D eigenvalue weighted by molar-refractivity contribution is 0.546. The van der Waals surface area contributed by atoms with Gasteiger partial charge in [0.1, 0.15) is 0 Å². The number of hydrogen-bond acceptors (Lipinski definition) is 2. The summed E-state index contributed by atoms with van der Waals surface area (Å²) in [7, 11) is -3.16. The van der Waals surface area contributed by atoms with Gasteiger partial charge < -0.3 is 0 Å². The van der Waals surface area contributed by atoms with E-state index in [1.165, 1.54) is 0 Å². The van der Waals surface area contributed by atoms with Crippen molar-refractivity contribution in [1.82, 2.24) is 0 Å².